The molecule has 0 fully saturated rings. The van der Waals surface area contributed by atoms with E-state index in [0.29, 0.717) is 5.39 Å². The number of nitrogens with zero attached hydrogens (tertiary/aromatic N) is 3. The lowest BCUT2D eigenvalue weighted by atomic mass is 10.0. The molecule has 0 N–H and O–H groups in total. The molecule has 0 aliphatic heterocycles. The fourth-order valence-electron chi connectivity index (χ4n) is 5.70. The Labute approximate surface area is 205 Å². The third kappa shape index (κ3) is 2.48. The van der Waals surface area contributed by atoms with Crippen molar-refractivity contribution >= 4 is 60.0 Å². The summed E-state index contributed by atoms with van der Waals surface area (Å²) in [4.78, 5) is 19.3. The standard InChI is InChI=1S/C32H19N3O/c36-32-24-12-4-3-11-23(24)29-25-13-5-7-15-27(25)35-28-16-8-6-14-26(28)33-31(35)30(29)34(32)22-18-17-20-9-1-2-10-21(20)19-22/h1-19H. The first kappa shape index (κ1) is 19.4. The summed E-state index contributed by atoms with van der Waals surface area (Å²) in [7, 11) is 0. The van der Waals surface area contributed by atoms with Crippen LogP contribution in [0, 0.1) is 0 Å². The summed E-state index contributed by atoms with van der Waals surface area (Å²) >= 11 is 0. The molecule has 0 aliphatic carbocycles. The van der Waals surface area contributed by atoms with Crippen molar-refractivity contribution < 1.29 is 0 Å². The topological polar surface area (TPSA) is 39.3 Å². The van der Waals surface area contributed by atoms with Crippen LogP contribution < -0.4 is 5.56 Å². The third-order valence-electron chi connectivity index (χ3n) is 7.27. The smallest absolute Gasteiger partial charge is 0.263 e. The van der Waals surface area contributed by atoms with Gasteiger partial charge in [-0.25, -0.2) is 4.98 Å². The third-order valence-corrected chi connectivity index (χ3v) is 7.27. The van der Waals surface area contributed by atoms with Crippen LogP contribution >= 0.6 is 0 Å². The highest BCUT2D eigenvalue weighted by molar-refractivity contribution is 6.23. The maximum atomic E-state index is 14.2. The minimum atomic E-state index is -0.0439. The van der Waals surface area contributed by atoms with E-state index in [1.807, 2.05) is 59.2 Å². The molecule has 0 saturated heterocycles. The van der Waals surface area contributed by atoms with Crippen molar-refractivity contribution in [2.75, 3.05) is 0 Å². The quantitative estimate of drug-likeness (QED) is 0.242. The molecule has 0 unspecified atom stereocenters. The molecule has 36 heavy (non-hydrogen) atoms. The Hall–Kier alpha value is -4.96. The normalized spacial score (nSPS) is 12.0. The highest BCUT2D eigenvalue weighted by atomic mass is 16.1. The van der Waals surface area contributed by atoms with E-state index >= 15 is 0 Å². The number of pyridine rings is 2. The van der Waals surface area contributed by atoms with Gasteiger partial charge in [-0.1, -0.05) is 78.9 Å². The van der Waals surface area contributed by atoms with Crippen molar-refractivity contribution in [3.8, 4) is 5.69 Å². The van der Waals surface area contributed by atoms with Gasteiger partial charge in [0.25, 0.3) is 5.56 Å². The van der Waals surface area contributed by atoms with E-state index in [0.717, 1.165) is 60.3 Å². The Balaban J connectivity index is 1.72. The maximum absolute atomic E-state index is 14.2. The van der Waals surface area contributed by atoms with Crippen LogP contribution in [0.1, 0.15) is 0 Å². The zero-order valence-corrected chi connectivity index (χ0v) is 19.2. The van der Waals surface area contributed by atoms with Crippen LogP contribution in [0.4, 0.5) is 0 Å². The Morgan fingerprint density at radius 3 is 2.11 bits per heavy atom. The monoisotopic (exact) mass is 461 g/mol. The summed E-state index contributed by atoms with van der Waals surface area (Å²) in [6, 6.07) is 38.9. The van der Waals surface area contributed by atoms with Crippen molar-refractivity contribution in [2.24, 2.45) is 0 Å². The molecule has 0 saturated carbocycles. The van der Waals surface area contributed by atoms with E-state index in [-0.39, 0.29) is 5.56 Å². The Bertz CT molecular complexity index is 2240. The van der Waals surface area contributed by atoms with Crippen molar-refractivity contribution in [2.45, 2.75) is 0 Å². The van der Waals surface area contributed by atoms with Gasteiger partial charge in [-0.05, 0) is 52.6 Å². The van der Waals surface area contributed by atoms with Gasteiger partial charge in [0, 0.05) is 16.2 Å². The van der Waals surface area contributed by atoms with Crippen LogP contribution in [0.2, 0.25) is 0 Å². The van der Waals surface area contributed by atoms with E-state index in [4.69, 9.17) is 4.98 Å². The maximum Gasteiger partial charge on any atom is 0.263 e. The van der Waals surface area contributed by atoms with Crippen molar-refractivity contribution in [3.05, 3.63) is 126 Å². The fourth-order valence-corrected chi connectivity index (χ4v) is 5.70. The van der Waals surface area contributed by atoms with Crippen LogP contribution in [0.5, 0.6) is 0 Å². The fraction of sp³-hybridized carbons (Fsp3) is 0. The molecular weight excluding hydrogens is 442 g/mol. The van der Waals surface area contributed by atoms with Crippen molar-refractivity contribution in [3.63, 3.8) is 0 Å². The molecular formula is C32H19N3O. The average Bonchev–Trinajstić information content (AvgIpc) is 3.33. The summed E-state index contributed by atoms with van der Waals surface area (Å²) < 4.78 is 4.05. The number of hydrogen-bond donors (Lipinski definition) is 0. The first-order valence-corrected chi connectivity index (χ1v) is 12.0. The predicted molar refractivity (Wildman–Crippen MR) is 148 cm³/mol. The van der Waals surface area contributed by atoms with Gasteiger partial charge in [-0.2, -0.15) is 0 Å². The first-order valence-electron chi connectivity index (χ1n) is 12.0. The van der Waals surface area contributed by atoms with Gasteiger partial charge >= 0.3 is 0 Å². The molecule has 4 nitrogen and oxygen atoms in total. The largest absolute Gasteiger partial charge is 0.290 e. The van der Waals surface area contributed by atoms with Gasteiger partial charge in [0.15, 0.2) is 5.65 Å². The molecule has 0 spiro atoms. The Kier molecular flexibility index (Phi) is 3.78. The summed E-state index contributed by atoms with van der Waals surface area (Å²) in [6.45, 7) is 0. The molecule has 168 valence electrons. The summed E-state index contributed by atoms with van der Waals surface area (Å²) in [5.74, 6) is 0. The van der Waals surface area contributed by atoms with Gasteiger partial charge in [0.2, 0.25) is 0 Å². The van der Waals surface area contributed by atoms with E-state index in [1.54, 1.807) is 0 Å². The number of benzene rings is 5. The molecule has 8 rings (SSSR count). The van der Waals surface area contributed by atoms with Crippen molar-refractivity contribution in [1.82, 2.24) is 14.0 Å². The molecule has 3 aromatic heterocycles. The molecule has 0 atom stereocenters. The van der Waals surface area contributed by atoms with Crippen LogP contribution in [0.3, 0.4) is 0 Å². The van der Waals surface area contributed by atoms with Gasteiger partial charge < -0.3 is 0 Å². The number of fused-ring (bicyclic) bond motifs is 11. The molecule has 3 heterocycles. The van der Waals surface area contributed by atoms with Crippen LogP contribution in [-0.4, -0.2) is 14.0 Å². The number of para-hydroxylation sites is 3. The number of hydrogen-bond acceptors (Lipinski definition) is 2. The van der Waals surface area contributed by atoms with E-state index in [1.165, 1.54) is 0 Å². The molecule has 8 aromatic rings. The lowest BCUT2D eigenvalue weighted by Crippen LogP contribution is -2.20. The lowest BCUT2D eigenvalue weighted by molar-refractivity contribution is 1.06. The number of imidazole rings is 1. The van der Waals surface area contributed by atoms with Gasteiger partial charge in [0.05, 0.1) is 22.2 Å². The van der Waals surface area contributed by atoms with Crippen LogP contribution in [0.25, 0.3) is 65.7 Å². The summed E-state index contributed by atoms with van der Waals surface area (Å²) in [6.07, 6.45) is 0. The zero-order valence-electron chi connectivity index (χ0n) is 19.2. The second-order valence-corrected chi connectivity index (χ2v) is 9.22. The van der Waals surface area contributed by atoms with Crippen molar-refractivity contribution in [1.29, 1.82) is 0 Å². The first-order chi connectivity index (χ1) is 17.8. The van der Waals surface area contributed by atoms with E-state index < -0.39 is 0 Å². The molecule has 5 aromatic carbocycles. The molecule has 0 radical (unpaired) electrons. The minimum Gasteiger partial charge on any atom is -0.290 e. The van der Waals surface area contributed by atoms with Gasteiger partial charge in [0.1, 0.15) is 5.52 Å². The molecule has 0 aliphatic rings. The second-order valence-electron chi connectivity index (χ2n) is 9.22. The number of aromatic nitrogens is 3. The summed E-state index contributed by atoms with van der Waals surface area (Å²) in [5.41, 5.74) is 5.39. The lowest BCUT2D eigenvalue weighted by Gasteiger charge is -2.17. The van der Waals surface area contributed by atoms with Gasteiger partial charge in [-0.15, -0.1) is 0 Å². The van der Waals surface area contributed by atoms with Crippen LogP contribution in [-0.2, 0) is 0 Å². The highest BCUT2D eigenvalue weighted by Gasteiger charge is 2.21. The van der Waals surface area contributed by atoms with Crippen LogP contribution in [0.15, 0.2) is 120 Å². The van der Waals surface area contributed by atoms with E-state index in [2.05, 4.69) is 65.1 Å². The Morgan fingerprint density at radius 2 is 1.25 bits per heavy atom. The summed E-state index contributed by atoms with van der Waals surface area (Å²) in [5, 5.41) is 6.00. The average molecular weight is 462 g/mol. The zero-order chi connectivity index (χ0) is 23.8. The molecule has 0 bridgehead atoms. The molecule has 0 amide bonds. The SMILES string of the molecule is O=c1c2ccccc2c2c3ccccc3n3c4ccccc4nc3c2n1-c1ccc2ccccc2c1. The second kappa shape index (κ2) is 7.03. The number of rotatable bonds is 1. The molecule has 4 heteroatoms. The van der Waals surface area contributed by atoms with Gasteiger partial charge in [-0.3, -0.25) is 13.8 Å². The highest BCUT2D eigenvalue weighted by Crippen LogP contribution is 2.36. The van der Waals surface area contributed by atoms with E-state index in [9.17, 15) is 4.79 Å². The minimum absolute atomic E-state index is 0.0439. The Morgan fingerprint density at radius 1 is 0.583 bits per heavy atom. The predicted octanol–water partition coefficient (Wildman–Crippen LogP) is 7.25.